The number of thioether (sulfide) groups is 1. The fourth-order valence-electron chi connectivity index (χ4n) is 1.89. The predicted molar refractivity (Wildman–Crippen MR) is 65.1 cm³/mol. The summed E-state index contributed by atoms with van der Waals surface area (Å²) in [5, 5.41) is 3.60. The second kappa shape index (κ2) is 5.56. The molecule has 0 bridgehead atoms. The summed E-state index contributed by atoms with van der Waals surface area (Å²) in [6.07, 6.45) is 7.11. The number of aromatic nitrogens is 2. The SMILES string of the molecule is CC(Cn1ccnc1)NCC1CCSC1. The first-order valence-corrected chi connectivity index (χ1v) is 6.77. The normalized spacial score (nSPS) is 23.1. The monoisotopic (exact) mass is 225 g/mol. The second-order valence-corrected chi connectivity index (χ2v) is 5.45. The summed E-state index contributed by atoms with van der Waals surface area (Å²) >= 11 is 2.08. The fourth-order valence-corrected chi connectivity index (χ4v) is 3.17. The first-order chi connectivity index (χ1) is 7.34. The molecule has 2 rings (SSSR count). The zero-order valence-electron chi connectivity index (χ0n) is 9.22. The lowest BCUT2D eigenvalue weighted by Crippen LogP contribution is -2.34. The van der Waals surface area contributed by atoms with Gasteiger partial charge in [0, 0.05) is 25.0 Å². The van der Waals surface area contributed by atoms with Gasteiger partial charge in [0.1, 0.15) is 0 Å². The van der Waals surface area contributed by atoms with Crippen molar-refractivity contribution in [2.24, 2.45) is 5.92 Å². The molecule has 2 unspecified atom stereocenters. The third-order valence-electron chi connectivity index (χ3n) is 2.82. The lowest BCUT2D eigenvalue weighted by atomic mass is 10.1. The molecule has 1 aliphatic heterocycles. The van der Waals surface area contributed by atoms with Crippen LogP contribution < -0.4 is 5.32 Å². The average Bonchev–Trinajstić information content (AvgIpc) is 2.86. The lowest BCUT2D eigenvalue weighted by molar-refractivity contribution is 0.430. The summed E-state index contributed by atoms with van der Waals surface area (Å²) in [6, 6.07) is 0.532. The van der Waals surface area contributed by atoms with Gasteiger partial charge in [0.2, 0.25) is 0 Å². The molecule has 0 radical (unpaired) electrons. The summed E-state index contributed by atoms with van der Waals surface area (Å²) in [5.41, 5.74) is 0. The molecular formula is C11H19N3S. The molecule has 0 amide bonds. The highest BCUT2D eigenvalue weighted by atomic mass is 32.2. The van der Waals surface area contributed by atoms with E-state index in [1.807, 2.05) is 18.7 Å². The van der Waals surface area contributed by atoms with E-state index >= 15 is 0 Å². The molecule has 0 saturated carbocycles. The van der Waals surface area contributed by atoms with Crippen molar-refractivity contribution in [2.45, 2.75) is 25.9 Å². The second-order valence-electron chi connectivity index (χ2n) is 4.30. The summed E-state index contributed by atoms with van der Waals surface area (Å²) in [4.78, 5) is 4.04. The number of rotatable bonds is 5. The van der Waals surface area contributed by atoms with Crippen LogP contribution in [0.5, 0.6) is 0 Å². The summed E-state index contributed by atoms with van der Waals surface area (Å²) in [7, 11) is 0. The first kappa shape index (κ1) is 11.0. The Morgan fingerprint density at radius 3 is 3.27 bits per heavy atom. The molecule has 1 fully saturated rings. The van der Waals surface area contributed by atoms with Crippen LogP contribution in [0.4, 0.5) is 0 Å². The molecule has 2 atom stereocenters. The zero-order valence-corrected chi connectivity index (χ0v) is 10.0. The molecule has 1 aliphatic rings. The predicted octanol–water partition coefficient (Wildman–Crippen LogP) is 1.61. The van der Waals surface area contributed by atoms with Crippen molar-refractivity contribution in [3.8, 4) is 0 Å². The van der Waals surface area contributed by atoms with Gasteiger partial charge in [-0.25, -0.2) is 4.98 Å². The first-order valence-electron chi connectivity index (χ1n) is 5.61. The van der Waals surface area contributed by atoms with Crippen LogP contribution in [0.3, 0.4) is 0 Å². The van der Waals surface area contributed by atoms with E-state index in [1.165, 1.54) is 24.5 Å². The average molecular weight is 225 g/mol. The van der Waals surface area contributed by atoms with Gasteiger partial charge in [-0.05, 0) is 37.3 Å². The van der Waals surface area contributed by atoms with E-state index in [0.29, 0.717) is 6.04 Å². The van der Waals surface area contributed by atoms with Crippen molar-refractivity contribution < 1.29 is 0 Å². The van der Waals surface area contributed by atoms with Gasteiger partial charge < -0.3 is 9.88 Å². The minimum Gasteiger partial charge on any atom is -0.336 e. The van der Waals surface area contributed by atoms with E-state index < -0.39 is 0 Å². The zero-order chi connectivity index (χ0) is 10.5. The van der Waals surface area contributed by atoms with Crippen molar-refractivity contribution in [3.05, 3.63) is 18.7 Å². The van der Waals surface area contributed by atoms with Gasteiger partial charge in [0.05, 0.1) is 6.33 Å². The van der Waals surface area contributed by atoms with Crippen LogP contribution in [0.1, 0.15) is 13.3 Å². The number of nitrogens with one attached hydrogen (secondary N) is 1. The molecule has 1 N–H and O–H groups in total. The van der Waals surface area contributed by atoms with E-state index in [9.17, 15) is 0 Å². The molecule has 0 aromatic carbocycles. The van der Waals surface area contributed by atoms with Gasteiger partial charge in [-0.2, -0.15) is 11.8 Å². The van der Waals surface area contributed by atoms with Crippen LogP contribution in [-0.2, 0) is 6.54 Å². The quantitative estimate of drug-likeness (QED) is 0.826. The molecule has 0 spiro atoms. The maximum absolute atomic E-state index is 4.04. The van der Waals surface area contributed by atoms with E-state index in [-0.39, 0.29) is 0 Å². The van der Waals surface area contributed by atoms with E-state index in [4.69, 9.17) is 0 Å². The van der Waals surface area contributed by atoms with Crippen LogP contribution in [-0.4, -0.2) is 33.6 Å². The van der Waals surface area contributed by atoms with Crippen LogP contribution in [0.25, 0.3) is 0 Å². The Kier molecular flexibility index (Phi) is 4.09. The van der Waals surface area contributed by atoms with Gasteiger partial charge in [-0.1, -0.05) is 0 Å². The Labute approximate surface area is 95.7 Å². The standard InChI is InChI=1S/C11H19N3S/c1-10(7-14-4-3-12-9-14)13-6-11-2-5-15-8-11/h3-4,9-11,13H,2,5-8H2,1H3. The Morgan fingerprint density at radius 2 is 2.60 bits per heavy atom. The van der Waals surface area contributed by atoms with Crippen molar-refractivity contribution in [1.82, 2.24) is 14.9 Å². The third-order valence-corrected chi connectivity index (χ3v) is 4.05. The number of hydrogen-bond donors (Lipinski definition) is 1. The minimum absolute atomic E-state index is 0.532. The van der Waals surface area contributed by atoms with Gasteiger partial charge in [0.15, 0.2) is 0 Å². The Balaban J connectivity index is 1.66. The maximum Gasteiger partial charge on any atom is 0.0946 e. The molecule has 1 aromatic rings. The summed E-state index contributed by atoms with van der Waals surface area (Å²) in [6.45, 7) is 4.42. The number of nitrogens with zero attached hydrogens (tertiary/aromatic N) is 2. The Bertz CT molecular complexity index is 267. The van der Waals surface area contributed by atoms with Crippen molar-refractivity contribution in [3.63, 3.8) is 0 Å². The maximum atomic E-state index is 4.04. The highest BCUT2D eigenvalue weighted by molar-refractivity contribution is 7.99. The van der Waals surface area contributed by atoms with Crippen LogP contribution in [0, 0.1) is 5.92 Å². The molecule has 1 saturated heterocycles. The lowest BCUT2D eigenvalue weighted by Gasteiger charge is -2.17. The molecule has 3 nitrogen and oxygen atoms in total. The van der Waals surface area contributed by atoms with Gasteiger partial charge >= 0.3 is 0 Å². The molecule has 4 heteroatoms. The number of hydrogen-bond acceptors (Lipinski definition) is 3. The fraction of sp³-hybridized carbons (Fsp3) is 0.727. The molecule has 1 aromatic heterocycles. The van der Waals surface area contributed by atoms with E-state index in [1.54, 1.807) is 0 Å². The highest BCUT2D eigenvalue weighted by Gasteiger charge is 2.15. The molecular weight excluding hydrogens is 206 g/mol. The minimum atomic E-state index is 0.532. The van der Waals surface area contributed by atoms with Crippen molar-refractivity contribution in [1.29, 1.82) is 0 Å². The van der Waals surface area contributed by atoms with E-state index in [0.717, 1.165) is 12.5 Å². The van der Waals surface area contributed by atoms with Crippen molar-refractivity contribution >= 4 is 11.8 Å². The molecule has 2 heterocycles. The Morgan fingerprint density at radius 1 is 1.67 bits per heavy atom. The summed E-state index contributed by atoms with van der Waals surface area (Å²) < 4.78 is 2.13. The number of imidazole rings is 1. The largest absolute Gasteiger partial charge is 0.336 e. The molecule has 15 heavy (non-hydrogen) atoms. The van der Waals surface area contributed by atoms with Crippen LogP contribution in [0.2, 0.25) is 0 Å². The van der Waals surface area contributed by atoms with Crippen molar-refractivity contribution in [2.75, 3.05) is 18.1 Å². The third kappa shape index (κ3) is 3.54. The van der Waals surface area contributed by atoms with Gasteiger partial charge in [-0.15, -0.1) is 0 Å². The smallest absolute Gasteiger partial charge is 0.0946 e. The van der Waals surface area contributed by atoms with Crippen LogP contribution >= 0.6 is 11.8 Å². The van der Waals surface area contributed by atoms with Crippen LogP contribution in [0.15, 0.2) is 18.7 Å². The molecule has 0 aliphatic carbocycles. The Hall–Kier alpha value is -0.480. The summed E-state index contributed by atoms with van der Waals surface area (Å²) in [5.74, 6) is 3.58. The highest BCUT2D eigenvalue weighted by Crippen LogP contribution is 2.22. The van der Waals surface area contributed by atoms with Gasteiger partial charge in [0.25, 0.3) is 0 Å². The topological polar surface area (TPSA) is 29.9 Å². The molecule has 84 valence electrons. The van der Waals surface area contributed by atoms with E-state index in [2.05, 4.69) is 33.6 Å². The van der Waals surface area contributed by atoms with Gasteiger partial charge in [-0.3, -0.25) is 0 Å².